The first-order valence-corrected chi connectivity index (χ1v) is 4.61. The Kier molecular flexibility index (Phi) is 1.08. The second-order valence-corrected chi connectivity index (χ2v) is 3.90. The molecule has 0 saturated carbocycles. The van der Waals surface area contributed by atoms with Crippen LogP contribution in [0.25, 0.3) is 0 Å². The maximum atomic E-state index is 3.86. The van der Waals surface area contributed by atoms with Gasteiger partial charge < -0.3 is 0 Å². The Labute approximate surface area is 73.0 Å². The fraction of sp³-hybridized carbons (Fsp3) is 0.333. The fourth-order valence-electron chi connectivity index (χ4n) is 2.85. The third-order valence-electron chi connectivity index (χ3n) is 3.41. The van der Waals surface area contributed by atoms with Crippen molar-refractivity contribution in [2.24, 2.45) is 23.7 Å². The number of hydrogen-bond donors (Lipinski definition) is 0. The largest absolute Gasteiger partial charge is 0.0988 e. The van der Waals surface area contributed by atoms with E-state index in [9.17, 15) is 0 Å². The van der Waals surface area contributed by atoms with Crippen LogP contribution in [0.15, 0.2) is 48.6 Å². The minimum Gasteiger partial charge on any atom is -0.0988 e. The molecule has 3 aliphatic carbocycles. The lowest BCUT2D eigenvalue weighted by Gasteiger charge is -2.15. The third-order valence-corrected chi connectivity index (χ3v) is 3.41. The van der Waals surface area contributed by atoms with Crippen LogP contribution in [0, 0.1) is 23.7 Å². The van der Waals surface area contributed by atoms with Crippen LogP contribution in [0.1, 0.15) is 0 Å². The topological polar surface area (TPSA) is 0 Å². The molecule has 0 aromatic carbocycles. The van der Waals surface area contributed by atoms with Gasteiger partial charge in [-0.3, -0.25) is 0 Å². The SMILES string of the molecule is C=CC1=C[C@@H]2C=C[C@@H]3C=C[C@H]1[C@H]32. The molecule has 3 rings (SSSR count). The van der Waals surface area contributed by atoms with E-state index >= 15 is 0 Å². The maximum absolute atomic E-state index is 3.86. The zero-order valence-electron chi connectivity index (χ0n) is 6.98. The van der Waals surface area contributed by atoms with Gasteiger partial charge in [-0.25, -0.2) is 0 Å². The Morgan fingerprint density at radius 2 is 1.83 bits per heavy atom. The summed E-state index contributed by atoms with van der Waals surface area (Å²) in [6.45, 7) is 3.86. The molecule has 0 bridgehead atoms. The van der Waals surface area contributed by atoms with Gasteiger partial charge in [0.25, 0.3) is 0 Å². The standard InChI is InChI=1S/C12H12/c1-2-8-7-10-4-3-9-5-6-11(8)12(9)10/h2-7,9-12H,1H2/t9-,10+,11-,12-/m1/s1. The van der Waals surface area contributed by atoms with Gasteiger partial charge in [0, 0.05) is 5.92 Å². The van der Waals surface area contributed by atoms with Gasteiger partial charge in [-0.15, -0.1) is 0 Å². The normalized spacial score (nSPS) is 46.5. The van der Waals surface area contributed by atoms with E-state index in [0.717, 1.165) is 5.92 Å². The van der Waals surface area contributed by atoms with Crippen molar-refractivity contribution in [3.05, 3.63) is 48.6 Å². The predicted molar refractivity (Wildman–Crippen MR) is 50.5 cm³/mol. The Hall–Kier alpha value is -1.04. The maximum Gasteiger partial charge on any atom is 0.00605 e. The highest BCUT2D eigenvalue weighted by atomic mass is 14.5. The van der Waals surface area contributed by atoms with Crippen LogP contribution in [0.4, 0.5) is 0 Å². The average molecular weight is 156 g/mol. The third kappa shape index (κ3) is 0.592. The summed E-state index contributed by atoms with van der Waals surface area (Å²) in [5, 5.41) is 0. The minimum atomic E-state index is 0.674. The van der Waals surface area contributed by atoms with Crippen LogP contribution in [0.3, 0.4) is 0 Å². The van der Waals surface area contributed by atoms with Crippen molar-refractivity contribution >= 4 is 0 Å². The van der Waals surface area contributed by atoms with Gasteiger partial charge in [0.2, 0.25) is 0 Å². The first-order valence-electron chi connectivity index (χ1n) is 4.61. The number of hydrogen-bond acceptors (Lipinski definition) is 0. The molecule has 0 heterocycles. The molecule has 3 aliphatic rings. The van der Waals surface area contributed by atoms with Crippen molar-refractivity contribution in [3.8, 4) is 0 Å². The van der Waals surface area contributed by atoms with Crippen molar-refractivity contribution in [2.45, 2.75) is 0 Å². The van der Waals surface area contributed by atoms with Gasteiger partial charge in [0.1, 0.15) is 0 Å². The molecule has 0 aliphatic heterocycles. The summed E-state index contributed by atoms with van der Waals surface area (Å²) in [5.41, 5.74) is 1.44. The van der Waals surface area contributed by atoms with Crippen molar-refractivity contribution in [1.29, 1.82) is 0 Å². The molecule has 0 N–H and O–H groups in total. The zero-order chi connectivity index (χ0) is 8.13. The molecule has 0 radical (unpaired) electrons. The van der Waals surface area contributed by atoms with Crippen molar-refractivity contribution in [2.75, 3.05) is 0 Å². The first kappa shape index (κ1) is 6.47. The van der Waals surface area contributed by atoms with Gasteiger partial charge in [-0.2, -0.15) is 0 Å². The second-order valence-electron chi connectivity index (χ2n) is 3.90. The quantitative estimate of drug-likeness (QED) is 0.512. The van der Waals surface area contributed by atoms with Crippen LogP contribution in [-0.4, -0.2) is 0 Å². The highest BCUT2D eigenvalue weighted by Crippen LogP contribution is 2.51. The summed E-state index contributed by atoms with van der Waals surface area (Å²) >= 11 is 0. The number of allylic oxidation sites excluding steroid dienone is 7. The average Bonchev–Trinajstić information content (AvgIpc) is 2.72. The van der Waals surface area contributed by atoms with E-state index in [1.807, 2.05) is 6.08 Å². The molecule has 0 heteroatoms. The summed E-state index contributed by atoms with van der Waals surface area (Å²) in [6.07, 6.45) is 13.8. The molecule has 12 heavy (non-hydrogen) atoms. The highest BCUT2D eigenvalue weighted by molar-refractivity contribution is 5.41. The van der Waals surface area contributed by atoms with Gasteiger partial charge in [-0.05, 0) is 23.3 Å². The molecule has 0 fully saturated rings. The van der Waals surface area contributed by atoms with Gasteiger partial charge >= 0.3 is 0 Å². The minimum absolute atomic E-state index is 0.674. The molecular weight excluding hydrogens is 144 g/mol. The van der Waals surface area contributed by atoms with Crippen LogP contribution in [-0.2, 0) is 0 Å². The van der Waals surface area contributed by atoms with E-state index in [2.05, 4.69) is 37.0 Å². The molecule has 0 nitrogen and oxygen atoms in total. The molecule has 0 aromatic heterocycles. The lowest BCUT2D eigenvalue weighted by Crippen LogP contribution is -2.12. The van der Waals surface area contributed by atoms with Crippen LogP contribution < -0.4 is 0 Å². The van der Waals surface area contributed by atoms with E-state index < -0.39 is 0 Å². The smallest absolute Gasteiger partial charge is 0.00605 e. The molecule has 60 valence electrons. The lowest BCUT2D eigenvalue weighted by molar-refractivity contribution is 0.414. The molecule has 4 atom stereocenters. The summed E-state index contributed by atoms with van der Waals surface area (Å²) < 4.78 is 0. The molecule has 0 saturated heterocycles. The molecular formula is C12H12. The Morgan fingerprint density at radius 1 is 1.08 bits per heavy atom. The predicted octanol–water partition coefficient (Wildman–Crippen LogP) is 2.72. The molecule has 0 spiro atoms. The Morgan fingerprint density at radius 3 is 2.67 bits per heavy atom. The van der Waals surface area contributed by atoms with E-state index in [-0.39, 0.29) is 0 Å². The molecule has 0 amide bonds. The van der Waals surface area contributed by atoms with E-state index in [1.165, 1.54) is 5.57 Å². The van der Waals surface area contributed by atoms with Crippen LogP contribution >= 0.6 is 0 Å². The zero-order valence-corrected chi connectivity index (χ0v) is 6.98. The first-order chi connectivity index (χ1) is 5.90. The molecule has 0 aromatic rings. The van der Waals surface area contributed by atoms with Gasteiger partial charge in [-0.1, -0.05) is 43.0 Å². The van der Waals surface area contributed by atoms with E-state index in [4.69, 9.17) is 0 Å². The Balaban J connectivity index is 2.10. The summed E-state index contributed by atoms with van der Waals surface area (Å²) in [5.74, 6) is 2.90. The van der Waals surface area contributed by atoms with E-state index in [1.54, 1.807) is 0 Å². The molecule has 0 unspecified atom stereocenters. The van der Waals surface area contributed by atoms with Crippen molar-refractivity contribution in [3.63, 3.8) is 0 Å². The van der Waals surface area contributed by atoms with Gasteiger partial charge in [0.15, 0.2) is 0 Å². The summed E-state index contributed by atoms with van der Waals surface area (Å²) in [7, 11) is 0. The van der Waals surface area contributed by atoms with E-state index in [0.29, 0.717) is 17.8 Å². The van der Waals surface area contributed by atoms with Crippen LogP contribution in [0.5, 0.6) is 0 Å². The highest BCUT2D eigenvalue weighted by Gasteiger charge is 2.42. The monoisotopic (exact) mass is 156 g/mol. The van der Waals surface area contributed by atoms with Crippen molar-refractivity contribution in [1.82, 2.24) is 0 Å². The summed E-state index contributed by atoms with van der Waals surface area (Å²) in [6, 6.07) is 0. The fourth-order valence-corrected chi connectivity index (χ4v) is 2.85. The van der Waals surface area contributed by atoms with Gasteiger partial charge in [0.05, 0.1) is 0 Å². The van der Waals surface area contributed by atoms with Crippen LogP contribution in [0.2, 0.25) is 0 Å². The second kappa shape index (κ2) is 2.01. The lowest BCUT2D eigenvalue weighted by atomic mass is 9.87. The van der Waals surface area contributed by atoms with Crippen molar-refractivity contribution < 1.29 is 0 Å². The summed E-state index contributed by atoms with van der Waals surface area (Å²) in [4.78, 5) is 0. The Bertz CT molecular complexity index is 317. The number of rotatable bonds is 1.